The Labute approximate surface area is 206 Å². The molecular formula is C25H25N5O4S. The van der Waals surface area contributed by atoms with Crippen molar-refractivity contribution in [2.24, 2.45) is 0 Å². The van der Waals surface area contributed by atoms with Crippen LogP contribution in [-0.2, 0) is 0 Å². The first kappa shape index (κ1) is 22.9. The summed E-state index contributed by atoms with van der Waals surface area (Å²) in [7, 11) is 3.18. The Kier molecular flexibility index (Phi) is 6.12. The number of fused-ring (bicyclic) bond motifs is 1. The summed E-state index contributed by atoms with van der Waals surface area (Å²) < 4.78 is 12.4. The second-order valence-electron chi connectivity index (χ2n) is 8.31. The van der Waals surface area contributed by atoms with E-state index in [4.69, 9.17) is 9.47 Å². The first-order chi connectivity index (χ1) is 17.0. The molecule has 35 heavy (non-hydrogen) atoms. The number of methoxy groups -OCH3 is 2. The molecule has 10 heteroatoms. The molecule has 1 aliphatic rings. The molecule has 1 fully saturated rings. The smallest absolute Gasteiger partial charge is 0.274 e. The van der Waals surface area contributed by atoms with E-state index in [9.17, 15) is 9.59 Å². The molecule has 0 spiro atoms. The molecule has 0 unspecified atom stereocenters. The highest BCUT2D eigenvalue weighted by atomic mass is 32.1. The fraction of sp³-hybridized carbons (Fsp3) is 0.280. The molecule has 1 aromatic carbocycles. The van der Waals surface area contributed by atoms with Gasteiger partial charge in [-0.2, -0.15) is 16.4 Å². The van der Waals surface area contributed by atoms with Gasteiger partial charge in [0.1, 0.15) is 0 Å². The van der Waals surface area contributed by atoms with E-state index in [1.165, 1.54) is 11.3 Å². The molecular weight excluding hydrogens is 466 g/mol. The van der Waals surface area contributed by atoms with E-state index in [1.54, 1.807) is 35.9 Å². The van der Waals surface area contributed by atoms with Gasteiger partial charge in [-0.05, 0) is 42.6 Å². The van der Waals surface area contributed by atoms with Gasteiger partial charge in [0.05, 0.1) is 25.5 Å². The van der Waals surface area contributed by atoms with Gasteiger partial charge in [-0.25, -0.2) is 9.50 Å². The number of thiophene rings is 1. The van der Waals surface area contributed by atoms with Crippen LogP contribution in [0.2, 0.25) is 0 Å². The predicted octanol–water partition coefficient (Wildman–Crippen LogP) is 3.46. The Hall–Kier alpha value is -3.92. The van der Waals surface area contributed by atoms with Gasteiger partial charge in [-0.3, -0.25) is 9.59 Å². The van der Waals surface area contributed by atoms with E-state index in [1.807, 2.05) is 52.9 Å². The first-order valence-corrected chi connectivity index (χ1v) is 12.1. The lowest BCUT2D eigenvalue weighted by molar-refractivity contribution is 0.0412. The fourth-order valence-corrected chi connectivity index (χ4v) is 5.00. The van der Waals surface area contributed by atoms with Crippen LogP contribution in [0.3, 0.4) is 0 Å². The van der Waals surface area contributed by atoms with Crippen LogP contribution in [0.25, 0.3) is 16.9 Å². The molecule has 2 amide bonds. The number of piperazine rings is 1. The predicted molar refractivity (Wildman–Crippen MR) is 132 cm³/mol. The minimum Gasteiger partial charge on any atom is -0.493 e. The first-order valence-electron chi connectivity index (χ1n) is 11.2. The van der Waals surface area contributed by atoms with Crippen LogP contribution in [0.1, 0.15) is 27.8 Å². The van der Waals surface area contributed by atoms with Crippen molar-refractivity contribution >= 4 is 28.8 Å². The van der Waals surface area contributed by atoms with Gasteiger partial charge in [0.2, 0.25) is 0 Å². The summed E-state index contributed by atoms with van der Waals surface area (Å²) in [6.07, 6.45) is 1.69. The number of nitrogens with zero attached hydrogens (tertiary/aromatic N) is 5. The third-order valence-electron chi connectivity index (χ3n) is 6.20. The lowest BCUT2D eigenvalue weighted by Gasteiger charge is -2.39. The van der Waals surface area contributed by atoms with Crippen LogP contribution in [0.4, 0.5) is 0 Å². The second kappa shape index (κ2) is 9.38. The van der Waals surface area contributed by atoms with Crippen LogP contribution >= 0.6 is 11.3 Å². The lowest BCUT2D eigenvalue weighted by Crippen LogP contribution is -2.55. The Morgan fingerprint density at radius 1 is 1.03 bits per heavy atom. The van der Waals surface area contributed by atoms with Gasteiger partial charge in [-0.1, -0.05) is 0 Å². The Balaban J connectivity index is 1.38. The fourth-order valence-electron chi connectivity index (χ4n) is 4.37. The molecule has 0 aliphatic carbocycles. The summed E-state index contributed by atoms with van der Waals surface area (Å²) >= 11 is 1.50. The van der Waals surface area contributed by atoms with Crippen molar-refractivity contribution < 1.29 is 19.1 Å². The number of benzene rings is 1. The van der Waals surface area contributed by atoms with Gasteiger partial charge in [0, 0.05) is 48.9 Å². The molecule has 1 atom stereocenters. The molecule has 0 saturated carbocycles. The third kappa shape index (κ3) is 4.21. The normalized spacial score (nSPS) is 15.9. The molecule has 4 aromatic rings. The van der Waals surface area contributed by atoms with Crippen LogP contribution in [0, 0.1) is 0 Å². The molecule has 0 radical (unpaired) electrons. The highest BCUT2D eigenvalue weighted by Crippen LogP contribution is 2.32. The van der Waals surface area contributed by atoms with Gasteiger partial charge >= 0.3 is 0 Å². The number of carbonyl (C=O) groups is 2. The van der Waals surface area contributed by atoms with Crippen molar-refractivity contribution in [1.29, 1.82) is 0 Å². The van der Waals surface area contributed by atoms with Crippen molar-refractivity contribution in [3.05, 3.63) is 64.6 Å². The number of amides is 2. The van der Waals surface area contributed by atoms with Crippen LogP contribution in [0.15, 0.2) is 53.4 Å². The zero-order valence-electron chi connectivity index (χ0n) is 19.7. The standard InChI is InChI=1S/C25H25N5O4S/c1-16-14-28(9-10-29(16)24(31)18-7-11-35-15-18)25(32)19-13-23-26-8-6-20(30(23)27-19)17-4-5-21(33-2)22(12-17)34-3/h4-8,11-13,15-16H,9-10,14H2,1-3H3/t16-/m0/s1. The molecule has 0 bridgehead atoms. The van der Waals surface area contributed by atoms with Crippen LogP contribution in [-0.4, -0.2) is 76.1 Å². The van der Waals surface area contributed by atoms with Crippen LogP contribution < -0.4 is 9.47 Å². The maximum atomic E-state index is 13.3. The molecule has 9 nitrogen and oxygen atoms in total. The summed E-state index contributed by atoms with van der Waals surface area (Å²) in [6, 6.07) is 10.9. The zero-order chi connectivity index (χ0) is 24.5. The van der Waals surface area contributed by atoms with E-state index in [-0.39, 0.29) is 17.9 Å². The highest BCUT2D eigenvalue weighted by molar-refractivity contribution is 7.08. The summed E-state index contributed by atoms with van der Waals surface area (Å²) in [4.78, 5) is 34.1. The largest absolute Gasteiger partial charge is 0.493 e. The van der Waals surface area contributed by atoms with Gasteiger partial charge in [0.25, 0.3) is 11.8 Å². The van der Waals surface area contributed by atoms with Gasteiger partial charge in [-0.15, -0.1) is 0 Å². The number of rotatable bonds is 5. The average molecular weight is 492 g/mol. The van der Waals surface area contributed by atoms with E-state index in [0.717, 1.165) is 11.3 Å². The Morgan fingerprint density at radius 2 is 1.86 bits per heavy atom. The SMILES string of the molecule is COc1ccc(-c2ccnc3cc(C(=O)N4CCN(C(=O)c5ccsc5)[C@@H](C)C4)nn23)cc1OC. The van der Waals surface area contributed by atoms with E-state index < -0.39 is 0 Å². The van der Waals surface area contributed by atoms with E-state index in [2.05, 4.69) is 10.1 Å². The Bertz CT molecular complexity index is 1380. The molecule has 4 heterocycles. The summed E-state index contributed by atoms with van der Waals surface area (Å²) in [5.74, 6) is 1.05. The van der Waals surface area contributed by atoms with Gasteiger partial charge in [0.15, 0.2) is 22.8 Å². The highest BCUT2D eigenvalue weighted by Gasteiger charge is 2.32. The minimum atomic E-state index is -0.178. The van der Waals surface area contributed by atoms with E-state index in [0.29, 0.717) is 48.0 Å². The number of aromatic nitrogens is 3. The molecule has 1 saturated heterocycles. The van der Waals surface area contributed by atoms with Crippen molar-refractivity contribution in [2.45, 2.75) is 13.0 Å². The van der Waals surface area contributed by atoms with Crippen molar-refractivity contribution in [2.75, 3.05) is 33.9 Å². The summed E-state index contributed by atoms with van der Waals surface area (Å²) in [5, 5.41) is 8.34. The van der Waals surface area contributed by atoms with E-state index >= 15 is 0 Å². The van der Waals surface area contributed by atoms with Crippen LogP contribution in [0.5, 0.6) is 11.5 Å². The molecule has 5 rings (SSSR count). The second-order valence-corrected chi connectivity index (χ2v) is 9.09. The zero-order valence-corrected chi connectivity index (χ0v) is 20.5. The molecule has 180 valence electrons. The van der Waals surface area contributed by atoms with Crippen molar-refractivity contribution in [1.82, 2.24) is 24.4 Å². The average Bonchev–Trinajstić information content (AvgIpc) is 3.57. The number of carbonyl (C=O) groups excluding carboxylic acids is 2. The lowest BCUT2D eigenvalue weighted by atomic mass is 10.1. The number of ether oxygens (including phenoxy) is 2. The molecule has 0 N–H and O–H groups in total. The maximum Gasteiger partial charge on any atom is 0.274 e. The van der Waals surface area contributed by atoms with Crippen molar-refractivity contribution in [3.8, 4) is 22.8 Å². The third-order valence-corrected chi connectivity index (χ3v) is 6.88. The molecule has 1 aliphatic heterocycles. The van der Waals surface area contributed by atoms with Gasteiger partial charge < -0.3 is 19.3 Å². The van der Waals surface area contributed by atoms with Crippen molar-refractivity contribution in [3.63, 3.8) is 0 Å². The monoisotopic (exact) mass is 491 g/mol. The maximum absolute atomic E-state index is 13.3. The summed E-state index contributed by atoms with van der Waals surface area (Å²) in [5.41, 5.74) is 3.20. The quantitative estimate of drug-likeness (QED) is 0.425. The minimum absolute atomic E-state index is 0.00217. The molecule has 3 aromatic heterocycles. The topological polar surface area (TPSA) is 89.3 Å². The number of hydrogen-bond acceptors (Lipinski definition) is 7. The number of hydrogen-bond donors (Lipinski definition) is 0. The Morgan fingerprint density at radius 3 is 2.57 bits per heavy atom. The summed E-state index contributed by atoms with van der Waals surface area (Å²) in [6.45, 7) is 3.33.